The van der Waals surface area contributed by atoms with Crippen LogP contribution >= 0.6 is 0 Å². The number of furan rings is 1. The molecule has 1 unspecified atom stereocenters. The van der Waals surface area contributed by atoms with Crippen molar-refractivity contribution in [3.8, 4) is 0 Å². The van der Waals surface area contributed by atoms with E-state index in [2.05, 4.69) is 17.6 Å². The smallest absolute Gasteiger partial charge is 0.234 e. The summed E-state index contributed by atoms with van der Waals surface area (Å²) in [6.07, 6.45) is 8.55. The van der Waals surface area contributed by atoms with E-state index >= 15 is 0 Å². The van der Waals surface area contributed by atoms with Crippen molar-refractivity contribution in [2.45, 2.75) is 57.5 Å². The SMILES string of the molecule is CC(Cc1ccco1)NCC(=O)NC1CCCCC1. The maximum atomic E-state index is 11.8. The number of carbonyl (C=O) groups is 1. The molecule has 0 aromatic carbocycles. The fraction of sp³-hybridized carbons (Fsp3) is 0.667. The van der Waals surface area contributed by atoms with Crippen molar-refractivity contribution < 1.29 is 9.21 Å². The van der Waals surface area contributed by atoms with Crippen LogP contribution in [-0.4, -0.2) is 24.5 Å². The number of rotatable bonds is 6. The van der Waals surface area contributed by atoms with Gasteiger partial charge in [0.1, 0.15) is 5.76 Å². The van der Waals surface area contributed by atoms with E-state index in [9.17, 15) is 4.79 Å². The second kappa shape index (κ2) is 7.34. The first kappa shape index (κ1) is 14.1. The molecule has 0 aliphatic heterocycles. The molecule has 1 aliphatic rings. The van der Waals surface area contributed by atoms with Gasteiger partial charge in [0.2, 0.25) is 5.91 Å². The number of hydrogen-bond acceptors (Lipinski definition) is 3. The van der Waals surface area contributed by atoms with E-state index < -0.39 is 0 Å². The molecular formula is C15H24N2O2. The van der Waals surface area contributed by atoms with Gasteiger partial charge < -0.3 is 15.1 Å². The van der Waals surface area contributed by atoms with Crippen molar-refractivity contribution in [1.29, 1.82) is 0 Å². The summed E-state index contributed by atoms with van der Waals surface area (Å²) >= 11 is 0. The van der Waals surface area contributed by atoms with Crippen LogP contribution in [0.4, 0.5) is 0 Å². The minimum atomic E-state index is 0.109. The third-order valence-corrected chi connectivity index (χ3v) is 3.67. The average Bonchev–Trinajstić information content (AvgIpc) is 2.90. The Morgan fingerprint density at radius 1 is 1.42 bits per heavy atom. The number of nitrogens with one attached hydrogen (secondary N) is 2. The first-order chi connectivity index (χ1) is 9.24. The Kier molecular flexibility index (Phi) is 5.45. The lowest BCUT2D eigenvalue weighted by atomic mass is 9.95. The number of hydrogen-bond donors (Lipinski definition) is 2. The average molecular weight is 264 g/mol. The number of amides is 1. The fourth-order valence-electron chi connectivity index (χ4n) is 2.60. The largest absolute Gasteiger partial charge is 0.469 e. The summed E-state index contributed by atoms with van der Waals surface area (Å²) in [6, 6.07) is 4.48. The van der Waals surface area contributed by atoms with Crippen LogP contribution in [0.25, 0.3) is 0 Å². The van der Waals surface area contributed by atoms with Crippen LogP contribution in [0.5, 0.6) is 0 Å². The van der Waals surface area contributed by atoms with Crippen molar-refractivity contribution >= 4 is 5.91 Å². The molecule has 0 bridgehead atoms. The first-order valence-corrected chi connectivity index (χ1v) is 7.29. The quantitative estimate of drug-likeness (QED) is 0.828. The van der Waals surface area contributed by atoms with Crippen LogP contribution in [0.15, 0.2) is 22.8 Å². The van der Waals surface area contributed by atoms with E-state index in [1.807, 2.05) is 12.1 Å². The Hall–Kier alpha value is -1.29. The molecule has 0 spiro atoms. The molecule has 0 saturated heterocycles. The highest BCUT2D eigenvalue weighted by atomic mass is 16.3. The maximum Gasteiger partial charge on any atom is 0.234 e. The molecular weight excluding hydrogens is 240 g/mol. The van der Waals surface area contributed by atoms with E-state index in [0.29, 0.717) is 12.6 Å². The molecule has 106 valence electrons. The summed E-state index contributed by atoms with van der Waals surface area (Å²) in [4.78, 5) is 11.8. The highest BCUT2D eigenvalue weighted by Crippen LogP contribution is 2.17. The third-order valence-electron chi connectivity index (χ3n) is 3.67. The van der Waals surface area contributed by atoms with Gasteiger partial charge in [0, 0.05) is 18.5 Å². The zero-order valence-corrected chi connectivity index (χ0v) is 11.7. The monoisotopic (exact) mass is 264 g/mol. The second-order valence-electron chi connectivity index (χ2n) is 5.47. The van der Waals surface area contributed by atoms with Crippen molar-refractivity contribution in [1.82, 2.24) is 10.6 Å². The first-order valence-electron chi connectivity index (χ1n) is 7.29. The molecule has 2 N–H and O–H groups in total. The van der Waals surface area contributed by atoms with Crippen molar-refractivity contribution in [3.05, 3.63) is 24.2 Å². The van der Waals surface area contributed by atoms with Gasteiger partial charge in [-0.15, -0.1) is 0 Å². The molecule has 1 atom stereocenters. The van der Waals surface area contributed by atoms with Gasteiger partial charge in [0.05, 0.1) is 12.8 Å². The van der Waals surface area contributed by atoms with Gasteiger partial charge >= 0.3 is 0 Å². The molecule has 0 radical (unpaired) electrons. The molecule has 1 saturated carbocycles. The maximum absolute atomic E-state index is 11.8. The van der Waals surface area contributed by atoms with E-state index in [0.717, 1.165) is 25.0 Å². The van der Waals surface area contributed by atoms with E-state index in [4.69, 9.17) is 4.42 Å². The lowest BCUT2D eigenvalue weighted by Gasteiger charge is -2.23. The van der Waals surface area contributed by atoms with Crippen LogP contribution in [0.1, 0.15) is 44.8 Å². The minimum Gasteiger partial charge on any atom is -0.469 e. The van der Waals surface area contributed by atoms with Gasteiger partial charge in [-0.3, -0.25) is 4.79 Å². The van der Waals surface area contributed by atoms with Gasteiger partial charge in [-0.2, -0.15) is 0 Å². The summed E-state index contributed by atoms with van der Waals surface area (Å²) in [5.74, 6) is 1.06. The molecule has 2 rings (SSSR count). The van der Waals surface area contributed by atoms with Gasteiger partial charge in [-0.05, 0) is 31.9 Å². The molecule has 1 aliphatic carbocycles. The highest BCUT2D eigenvalue weighted by molar-refractivity contribution is 5.78. The third kappa shape index (κ3) is 5.07. The van der Waals surface area contributed by atoms with Crippen molar-refractivity contribution in [2.24, 2.45) is 0 Å². The fourth-order valence-corrected chi connectivity index (χ4v) is 2.60. The van der Waals surface area contributed by atoms with E-state index in [-0.39, 0.29) is 11.9 Å². The lowest BCUT2D eigenvalue weighted by Crippen LogP contribution is -2.43. The summed E-state index contributed by atoms with van der Waals surface area (Å²) in [5.41, 5.74) is 0. The molecule has 19 heavy (non-hydrogen) atoms. The Morgan fingerprint density at radius 2 is 2.21 bits per heavy atom. The van der Waals surface area contributed by atoms with Crippen molar-refractivity contribution in [2.75, 3.05) is 6.54 Å². The molecule has 1 heterocycles. The Bertz CT molecular complexity index is 370. The Balaban J connectivity index is 1.62. The molecule has 1 fully saturated rings. The minimum absolute atomic E-state index is 0.109. The Morgan fingerprint density at radius 3 is 2.89 bits per heavy atom. The van der Waals surface area contributed by atoms with Gasteiger partial charge in [-0.25, -0.2) is 0 Å². The highest BCUT2D eigenvalue weighted by Gasteiger charge is 2.15. The molecule has 1 amide bonds. The van der Waals surface area contributed by atoms with Crippen molar-refractivity contribution in [3.63, 3.8) is 0 Å². The predicted octanol–water partition coefficient (Wildman–Crippen LogP) is 2.25. The van der Waals surface area contributed by atoms with Crippen LogP contribution in [-0.2, 0) is 11.2 Å². The Labute approximate surface area is 114 Å². The summed E-state index contributed by atoms with van der Waals surface area (Å²) < 4.78 is 5.29. The summed E-state index contributed by atoms with van der Waals surface area (Å²) in [5, 5.41) is 6.35. The predicted molar refractivity (Wildman–Crippen MR) is 74.9 cm³/mol. The van der Waals surface area contributed by atoms with Crippen LogP contribution in [0.2, 0.25) is 0 Å². The zero-order chi connectivity index (χ0) is 13.5. The van der Waals surface area contributed by atoms with E-state index in [1.165, 1.54) is 19.3 Å². The van der Waals surface area contributed by atoms with Gasteiger partial charge in [0.15, 0.2) is 0 Å². The summed E-state index contributed by atoms with van der Waals surface area (Å²) in [6.45, 7) is 2.45. The lowest BCUT2D eigenvalue weighted by molar-refractivity contribution is -0.121. The van der Waals surface area contributed by atoms with Crippen LogP contribution in [0, 0.1) is 0 Å². The summed E-state index contributed by atoms with van der Waals surface area (Å²) in [7, 11) is 0. The molecule has 1 aromatic heterocycles. The van der Waals surface area contributed by atoms with E-state index in [1.54, 1.807) is 6.26 Å². The second-order valence-corrected chi connectivity index (χ2v) is 5.47. The number of carbonyl (C=O) groups excluding carboxylic acids is 1. The molecule has 1 aromatic rings. The van der Waals surface area contributed by atoms with Gasteiger partial charge in [0.25, 0.3) is 0 Å². The molecule has 4 heteroatoms. The standard InChI is InChI=1S/C15H24N2O2/c1-12(10-14-8-5-9-19-14)16-11-15(18)17-13-6-3-2-4-7-13/h5,8-9,12-13,16H,2-4,6-7,10-11H2,1H3,(H,17,18). The van der Waals surface area contributed by atoms with Crippen LogP contribution < -0.4 is 10.6 Å². The normalized spacial score (nSPS) is 18.2. The topological polar surface area (TPSA) is 54.3 Å². The van der Waals surface area contributed by atoms with Crippen LogP contribution in [0.3, 0.4) is 0 Å². The zero-order valence-electron chi connectivity index (χ0n) is 11.7. The molecule has 4 nitrogen and oxygen atoms in total. The van der Waals surface area contributed by atoms with Gasteiger partial charge in [-0.1, -0.05) is 19.3 Å².